The maximum absolute atomic E-state index is 12.0. The monoisotopic (exact) mass is 465 g/mol. The molecule has 1 aliphatic rings. The predicted octanol–water partition coefficient (Wildman–Crippen LogP) is 3.75. The average Bonchev–Trinajstić information content (AvgIpc) is 2.76. The van der Waals surface area contributed by atoms with Crippen molar-refractivity contribution in [3.63, 3.8) is 0 Å². The summed E-state index contributed by atoms with van der Waals surface area (Å²) in [5, 5.41) is 5.03. The normalized spacial score (nSPS) is 14.5. The summed E-state index contributed by atoms with van der Waals surface area (Å²) in [5.74, 6) is 1.03. The number of halogens is 2. The second kappa shape index (κ2) is 11.9. The van der Waals surface area contributed by atoms with Crippen molar-refractivity contribution in [1.82, 2.24) is 10.3 Å². The van der Waals surface area contributed by atoms with Gasteiger partial charge in [-0.15, -0.1) is 0 Å². The van der Waals surface area contributed by atoms with Crippen LogP contribution in [0, 0.1) is 0 Å². The zero-order valence-corrected chi connectivity index (χ0v) is 18.8. The molecule has 7 nitrogen and oxygen atoms in total. The molecule has 1 fully saturated rings. The van der Waals surface area contributed by atoms with Crippen LogP contribution in [-0.2, 0) is 16.1 Å². The van der Waals surface area contributed by atoms with E-state index in [1.54, 1.807) is 24.4 Å². The van der Waals surface area contributed by atoms with Crippen LogP contribution < -0.4 is 14.9 Å². The molecule has 0 bridgehead atoms. The van der Waals surface area contributed by atoms with E-state index in [9.17, 15) is 4.79 Å². The Kier molecular flexibility index (Phi) is 8.97. The van der Waals surface area contributed by atoms with Gasteiger partial charge in [-0.3, -0.25) is 9.69 Å². The maximum atomic E-state index is 12.0. The fourth-order valence-electron chi connectivity index (χ4n) is 2.96. The minimum Gasteiger partial charge on any atom is -0.490 e. The highest BCUT2D eigenvalue weighted by Gasteiger charge is 2.13. The van der Waals surface area contributed by atoms with Gasteiger partial charge in [-0.05, 0) is 48.4 Å². The summed E-state index contributed by atoms with van der Waals surface area (Å²) in [4.78, 5) is 14.0. The van der Waals surface area contributed by atoms with Crippen molar-refractivity contribution in [1.29, 1.82) is 0 Å². The Balaban J connectivity index is 1.57. The van der Waals surface area contributed by atoms with Gasteiger partial charge in [0.05, 0.1) is 42.6 Å². The highest BCUT2D eigenvalue weighted by molar-refractivity contribution is 6.42. The number of amides is 1. The lowest BCUT2D eigenvalue weighted by Gasteiger charge is -2.25. The first-order chi connectivity index (χ1) is 15.0. The molecule has 0 aliphatic carbocycles. The number of hydrazone groups is 1. The van der Waals surface area contributed by atoms with Gasteiger partial charge in [0.2, 0.25) is 0 Å². The van der Waals surface area contributed by atoms with E-state index >= 15 is 0 Å². The number of morpholine rings is 1. The minimum atomic E-state index is -0.162. The highest BCUT2D eigenvalue weighted by Crippen LogP contribution is 2.30. The lowest BCUT2D eigenvalue weighted by molar-refractivity contribution is -0.123. The third kappa shape index (κ3) is 7.40. The first-order valence-electron chi connectivity index (χ1n) is 10.0. The Morgan fingerprint density at radius 3 is 2.68 bits per heavy atom. The molecule has 3 rings (SSSR count). The van der Waals surface area contributed by atoms with Crippen molar-refractivity contribution < 1.29 is 19.0 Å². The van der Waals surface area contributed by atoms with Crippen LogP contribution in [-0.4, -0.2) is 56.5 Å². The average molecular weight is 466 g/mol. The molecular formula is C22H25Cl2N3O4. The van der Waals surface area contributed by atoms with E-state index in [0.29, 0.717) is 54.5 Å². The third-order valence-corrected chi connectivity index (χ3v) is 5.26. The Hall–Kier alpha value is -2.32. The first kappa shape index (κ1) is 23.3. The summed E-state index contributed by atoms with van der Waals surface area (Å²) in [6.45, 7) is 5.80. The van der Waals surface area contributed by atoms with Crippen LogP contribution in [0.2, 0.25) is 10.0 Å². The summed E-state index contributed by atoms with van der Waals surface area (Å²) in [5.41, 5.74) is 4.22. The number of carbonyl (C=O) groups excluding carboxylic acids is 1. The number of benzene rings is 2. The maximum Gasteiger partial charge on any atom is 0.254 e. The van der Waals surface area contributed by atoms with Gasteiger partial charge in [0.15, 0.2) is 11.5 Å². The summed E-state index contributed by atoms with van der Waals surface area (Å²) < 4.78 is 16.9. The van der Waals surface area contributed by atoms with Gasteiger partial charge in [0.1, 0.15) is 6.61 Å². The van der Waals surface area contributed by atoms with E-state index in [-0.39, 0.29) is 5.91 Å². The van der Waals surface area contributed by atoms with Crippen LogP contribution in [0.25, 0.3) is 0 Å². The molecule has 1 saturated heterocycles. The summed E-state index contributed by atoms with van der Waals surface area (Å²) in [6.07, 6.45) is 1.57. The molecule has 2 aromatic rings. The third-order valence-electron chi connectivity index (χ3n) is 4.52. The molecule has 31 heavy (non-hydrogen) atoms. The number of nitrogens with zero attached hydrogens (tertiary/aromatic N) is 2. The van der Waals surface area contributed by atoms with E-state index in [1.807, 2.05) is 30.0 Å². The Morgan fingerprint density at radius 2 is 1.94 bits per heavy atom. The van der Waals surface area contributed by atoms with Gasteiger partial charge in [-0.2, -0.15) is 5.10 Å². The van der Waals surface area contributed by atoms with Crippen LogP contribution >= 0.6 is 23.2 Å². The van der Waals surface area contributed by atoms with Gasteiger partial charge >= 0.3 is 0 Å². The number of rotatable bonds is 9. The summed E-state index contributed by atoms with van der Waals surface area (Å²) in [7, 11) is 0. The molecule has 2 aromatic carbocycles. The molecule has 0 atom stereocenters. The van der Waals surface area contributed by atoms with E-state index < -0.39 is 0 Å². The molecule has 0 spiro atoms. The number of carbonyl (C=O) groups is 1. The largest absolute Gasteiger partial charge is 0.490 e. The highest BCUT2D eigenvalue weighted by atomic mass is 35.5. The Bertz CT molecular complexity index is 918. The molecule has 1 N–H and O–H groups in total. The van der Waals surface area contributed by atoms with Crippen molar-refractivity contribution in [2.24, 2.45) is 5.10 Å². The van der Waals surface area contributed by atoms with Crippen molar-refractivity contribution in [3.8, 4) is 11.5 Å². The molecule has 0 radical (unpaired) electrons. The number of hydrogen-bond acceptors (Lipinski definition) is 6. The van der Waals surface area contributed by atoms with Crippen LogP contribution in [0.4, 0.5) is 0 Å². The quantitative estimate of drug-likeness (QED) is 0.450. The predicted molar refractivity (Wildman–Crippen MR) is 121 cm³/mol. The standard InChI is InChI=1S/C22H25Cl2N3O4/c1-2-30-21-12-16(13-25-26-22(28)14-27-7-9-29-10-8-27)4-6-20(21)31-15-17-3-5-18(23)19(24)11-17/h3-6,11-13H,2,7-10,14-15H2,1H3,(H,26,28)/b25-13+. The first-order valence-corrected chi connectivity index (χ1v) is 10.8. The van der Waals surface area contributed by atoms with Crippen LogP contribution in [0.3, 0.4) is 0 Å². The van der Waals surface area contributed by atoms with Gasteiger partial charge in [-0.1, -0.05) is 29.3 Å². The van der Waals surface area contributed by atoms with E-state index in [4.69, 9.17) is 37.4 Å². The second-order valence-corrected chi connectivity index (χ2v) is 7.67. The lowest BCUT2D eigenvalue weighted by atomic mass is 10.2. The van der Waals surface area contributed by atoms with E-state index in [0.717, 1.165) is 24.2 Å². The van der Waals surface area contributed by atoms with Crippen molar-refractivity contribution in [2.75, 3.05) is 39.5 Å². The minimum absolute atomic E-state index is 0.162. The molecule has 0 unspecified atom stereocenters. The van der Waals surface area contributed by atoms with Crippen LogP contribution in [0.15, 0.2) is 41.5 Å². The molecule has 1 aliphatic heterocycles. The van der Waals surface area contributed by atoms with Crippen molar-refractivity contribution in [2.45, 2.75) is 13.5 Å². The summed E-state index contributed by atoms with van der Waals surface area (Å²) >= 11 is 12.0. The van der Waals surface area contributed by atoms with Crippen molar-refractivity contribution >= 4 is 35.3 Å². The summed E-state index contributed by atoms with van der Waals surface area (Å²) in [6, 6.07) is 10.8. The molecule has 0 saturated carbocycles. The molecule has 9 heteroatoms. The van der Waals surface area contributed by atoms with Gasteiger partial charge in [-0.25, -0.2) is 5.43 Å². The molecule has 1 heterocycles. The number of hydrogen-bond donors (Lipinski definition) is 1. The smallest absolute Gasteiger partial charge is 0.254 e. The molecule has 166 valence electrons. The molecule has 1 amide bonds. The number of ether oxygens (including phenoxy) is 3. The molecular weight excluding hydrogens is 441 g/mol. The van der Waals surface area contributed by atoms with E-state index in [1.165, 1.54) is 0 Å². The van der Waals surface area contributed by atoms with Gasteiger partial charge < -0.3 is 14.2 Å². The van der Waals surface area contributed by atoms with Crippen LogP contribution in [0.1, 0.15) is 18.1 Å². The Labute approximate surface area is 191 Å². The fourth-order valence-corrected chi connectivity index (χ4v) is 3.28. The van der Waals surface area contributed by atoms with E-state index in [2.05, 4.69) is 10.5 Å². The van der Waals surface area contributed by atoms with Crippen molar-refractivity contribution in [3.05, 3.63) is 57.6 Å². The zero-order valence-electron chi connectivity index (χ0n) is 17.3. The Morgan fingerprint density at radius 1 is 1.13 bits per heavy atom. The topological polar surface area (TPSA) is 72.4 Å². The van der Waals surface area contributed by atoms with Crippen LogP contribution in [0.5, 0.6) is 11.5 Å². The lowest BCUT2D eigenvalue weighted by Crippen LogP contribution is -2.42. The SMILES string of the molecule is CCOc1cc(/C=N/NC(=O)CN2CCOCC2)ccc1OCc1ccc(Cl)c(Cl)c1. The second-order valence-electron chi connectivity index (χ2n) is 6.86. The number of nitrogens with one attached hydrogen (secondary N) is 1. The van der Waals surface area contributed by atoms with Gasteiger partial charge in [0.25, 0.3) is 5.91 Å². The molecule has 0 aromatic heterocycles. The fraction of sp³-hybridized carbons (Fsp3) is 0.364. The zero-order chi connectivity index (χ0) is 22.1. The van der Waals surface area contributed by atoms with Gasteiger partial charge in [0, 0.05) is 13.1 Å².